The highest BCUT2D eigenvalue weighted by Gasteiger charge is 2.07. The summed E-state index contributed by atoms with van der Waals surface area (Å²) < 4.78 is 13.1. The molecule has 2 rings (SSSR count). The average Bonchev–Trinajstić information content (AvgIpc) is 2.44. The van der Waals surface area contributed by atoms with Crippen molar-refractivity contribution in [3.05, 3.63) is 66.0 Å². The van der Waals surface area contributed by atoms with Crippen LogP contribution < -0.4 is 10.6 Å². The Morgan fingerprint density at radius 2 is 1.95 bits per heavy atom. The van der Waals surface area contributed by atoms with Crippen molar-refractivity contribution < 1.29 is 9.18 Å². The number of carbonyl (C=O) groups excluding carboxylic acids is 1. The van der Waals surface area contributed by atoms with Crippen LogP contribution in [0.1, 0.15) is 5.56 Å². The van der Waals surface area contributed by atoms with Crippen LogP contribution in [0.2, 0.25) is 0 Å². The molecular formula is C16H15FN2O. The van der Waals surface area contributed by atoms with Crippen LogP contribution in [0.5, 0.6) is 0 Å². The summed E-state index contributed by atoms with van der Waals surface area (Å²) in [5, 5.41) is 0. The number of halogens is 1. The van der Waals surface area contributed by atoms with Crippen molar-refractivity contribution in [3.8, 4) is 0 Å². The lowest BCUT2D eigenvalue weighted by Gasteiger charge is -2.15. The summed E-state index contributed by atoms with van der Waals surface area (Å²) in [6.45, 7) is 0. The zero-order chi connectivity index (χ0) is 14.5. The number of hydrogen-bond donors (Lipinski definition) is 1. The van der Waals surface area contributed by atoms with Gasteiger partial charge in [-0.25, -0.2) is 4.39 Å². The molecule has 0 saturated heterocycles. The molecule has 0 aliphatic carbocycles. The zero-order valence-electron chi connectivity index (χ0n) is 11.1. The van der Waals surface area contributed by atoms with Crippen LogP contribution in [0.4, 0.5) is 15.8 Å². The second kappa shape index (κ2) is 6.02. The van der Waals surface area contributed by atoms with Gasteiger partial charge in [0.05, 0.1) is 0 Å². The predicted octanol–water partition coefficient (Wildman–Crippen LogP) is 3.08. The minimum atomic E-state index is -0.373. The second-order valence-electron chi connectivity index (χ2n) is 4.38. The Kier molecular flexibility index (Phi) is 4.15. The van der Waals surface area contributed by atoms with Gasteiger partial charge in [0.15, 0.2) is 0 Å². The SMILES string of the molecule is CN(C(=O)/C=C/c1cccc(N)c1)c1cccc(F)c1. The summed E-state index contributed by atoms with van der Waals surface area (Å²) >= 11 is 0. The van der Waals surface area contributed by atoms with E-state index in [0.29, 0.717) is 11.4 Å². The van der Waals surface area contributed by atoms with E-state index in [9.17, 15) is 9.18 Å². The summed E-state index contributed by atoms with van der Waals surface area (Å²) in [4.78, 5) is 13.4. The lowest BCUT2D eigenvalue weighted by molar-refractivity contribution is -0.113. The highest BCUT2D eigenvalue weighted by atomic mass is 19.1. The van der Waals surface area contributed by atoms with Gasteiger partial charge in [-0.2, -0.15) is 0 Å². The Hall–Kier alpha value is -2.62. The molecule has 2 aromatic carbocycles. The molecule has 102 valence electrons. The van der Waals surface area contributed by atoms with Crippen molar-refractivity contribution >= 4 is 23.4 Å². The van der Waals surface area contributed by atoms with Gasteiger partial charge in [-0.15, -0.1) is 0 Å². The molecule has 0 bridgehead atoms. The first-order valence-electron chi connectivity index (χ1n) is 6.13. The number of nitrogens with zero attached hydrogens (tertiary/aromatic N) is 1. The molecule has 2 aromatic rings. The monoisotopic (exact) mass is 270 g/mol. The van der Waals surface area contributed by atoms with E-state index in [1.807, 2.05) is 12.1 Å². The maximum Gasteiger partial charge on any atom is 0.250 e. The number of nitrogen functional groups attached to an aromatic ring is 1. The van der Waals surface area contributed by atoms with Gasteiger partial charge in [0.2, 0.25) is 0 Å². The number of hydrogen-bond acceptors (Lipinski definition) is 2. The third-order valence-corrected chi connectivity index (χ3v) is 2.86. The van der Waals surface area contributed by atoms with Gasteiger partial charge in [-0.1, -0.05) is 18.2 Å². The number of likely N-dealkylation sites (N-methyl/N-ethyl adjacent to an activating group) is 1. The third-order valence-electron chi connectivity index (χ3n) is 2.86. The van der Waals surface area contributed by atoms with Gasteiger partial charge in [0.1, 0.15) is 5.82 Å². The van der Waals surface area contributed by atoms with E-state index in [1.165, 1.54) is 23.1 Å². The molecular weight excluding hydrogens is 255 g/mol. The smallest absolute Gasteiger partial charge is 0.250 e. The van der Waals surface area contributed by atoms with E-state index in [2.05, 4.69) is 0 Å². The first kappa shape index (κ1) is 13.8. The molecule has 0 saturated carbocycles. The molecule has 0 atom stereocenters. The summed E-state index contributed by atoms with van der Waals surface area (Å²) in [6, 6.07) is 13.1. The topological polar surface area (TPSA) is 46.3 Å². The van der Waals surface area contributed by atoms with E-state index in [1.54, 1.807) is 37.4 Å². The Bertz CT molecular complexity index is 652. The molecule has 0 radical (unpaired) electrons. The largest absolute Gasteiger partial charge is 0.399 e. The molecule has 1 amide bonds. The van der Waals surface area contributed by atoms with Crippen LogP contribution in [0.25, 0.3) is 6.08 Å². The fourth-order valence-corrected chi connectivity index (χ4v) is 1.75. The number of rotatable bonds is 3. The van der Waals surface area contributed by atoms with Crippen LogP contribution in [0, 0.1) is 5.82 Å². The van der Waals surface area contributed by atoms with Crippen LogP contribution in [0.3, 0.4) is 0 Å². The molecule has 0 fully saturated rings. The van der Waals surface area contributed by atoms with Crippen LogP contribution in [-0.2, 0) is 4.79 Å². The Morgan fingerprint density at radius 1 is 1.20 bits per heavy atom. The number of anilines is 2. The number of amides is 1. The first-order chi connectivity index (χ1) is 9.56. The van der Waals surface area contributed by atoms with E-state index in [-0.39, 0.29) is 11.7 Å². The Labute approximate surface area is 117 Å². The Balaban J connectivity index is 2.12. The average molecular weight is 270 g/mol. The molecule has 0 heterocycles. The number of benzene rings is 2. The molecule has 0 aliphatic rings. The van der Waals surface area contributed by atoms with Crippen molar-refractivity contribution in [2.75, 3.05) is 17.7 Å². The van der Waals surface area contributed by atoms with Crippen molar-refractivity contribution in [2.45, 2.75) is 0 Å². The fraction of sp³-hybridized carbons (Fsp3) is 0.0625. The van der Waals surface area contributed by atoms with E-state index in [0.717, 1.165) is 5.56 Å². The molecule has 0 unspecified atom stereocenters. The van der Waals surface area contributed by atoms with E-state index >= 15 is 0 Å². The van der Waals surface area contributed by atoms with Gasteiger partial charge >= 0.3 is 0 Å². The molecule has 20 heavy (non-hydrogen) atoms. The maximum absolute atomic E-state index is 13.1. The quantitative estimate of drug-likeness (QED) is 0.688. The summed E-state index contributed by atoms with van der Waals surface area (Å²) in [5.41, 5.74) is 7.64. The molecule has 0 spiro atoms. The van der Waals surface area contributed by atoms with Crippen LogP contribution in [-0.4, -0.2) is 13.0 Å². The van der Waals surface area contributed by atoms with Gasteiger partial charge < -0.3 is 10.6 Å². The minimum absolute atomic E-state index is 0.238. The second-order valence-corrected chi connectivity index (χ2v) is 4.38. The van der Waals surface area contributed by atoms with Crippen molar-refractivity contribution in [2.24, 2.45) is 0 Å². The fourth-order valence-electron chi connectivity index (χ4n) is 1.75. The van der Waals surface area contributed by atoms with Crippen molar-refractivity contribution in [3.63, 3.8) is 0 Å². The van der Waals surface area contributed by atoms with Gasteiger partial charge in [-0.3, -0.25) is 4.79 Å². The minimum Gasteiger partial charge on any atom is -0.399 e. The van der Waals surface area contributed by atoms with Crippen molar-refractivity contribution in [1.82, 2.24) is 0 Å². The molecule has 4 heteroatoms. The summed E-state index contributed by atoms with van der Waals surface area (Å²) in [6.07, 6.45) is 3.11. The summed E-state index contributed by atoms with van der Waals surface area (Å²) in [5.74, 6) is -0.611. The maximum atomic E-state index is 13.1. The third kappa shape index (κ3) is 3.45. The molecule has 3 nitrogen and oxygen atoms in total. The highest BCUT2D eigenvalue weighted by molar-refractivity contribution is 6.03. The van der Waals surface area contributed by atoms with Gasteiger partial charge in [0.25, 0.3) is 5.91 Å². The first-order valence-corrected chi connectivity index (χ1v) is 6.13. The van der Waals surface area contributed by atoms with E-state index < -0.39 is 0 Å². The van der Waals surface area contributed by atoms with Crippen molar-refractivity contribution in [1.29, 1.82) is 0 Å². The molecule has 2 N–H and O–H groups in total. The normalized spacial score (nSPS) is 10.7. The standard InChI is InChI=1S/C16H15FN2O/c1-19(15-7-3-5-13(17)11-15)16(20)9-8-12-4-2-6-14(18)10-12/h2-11H,18H2,1H3/b9-8+. The van der Waals surface area contributed by atoms with E-state index in [4.69, 9.17) is 5.73 Å². The highest BCUT2D eigenvalue weighted by Crippen LogP contribution is 2.15. The summed E-state index contributed by atoms with van der Waals surface area (Å²) in [7, 11) is 1.60. The van der Waals surface area contributed by atoms with Crippen LogP contribution >= 0.6 is 0 Å². The van der Waals surface area contributed by atoms with Gasteiger partial charge in [-0.05, 0) is 42.0 Å². The number of carbonyl (C=O) groups is 1. The predicted molar refractivity (Wildman–Crippen MR) is 79.7 cm³/mol. The molecule has 0 aliphatic heterocycles. The number of nitrogens with two attached hydrogens (primary N) is 1. The zero-order valence-corrected chi connectivity index (χ0v) is 11.1. The van der Waals surface area contributed by atoms with Crippen LogP contribution in [0.15, 0.2) is 54.6 Å². The lowest BCUT2D eigenvalue weighted by Crippen LogP contribution is -2.23. The Morgan fingerprint density at radius 3 is 2.65 bits per heavy atom. The lowest BCUT2D eigenvalue weighted by atomic mass is 10.2. The van der Waals surface area contributed by atoms with Gasteiger partial charge in [0, 0.05) is 24.5 Å². The molecule has 0 aromatic heterocycles.